The number of benzene rings is 2. The summed E-state index contributed by atoms with van der Waals surface area (Å²) in [5.74, 6) is 0.787. The van der Waals surface area contributed by atoms with Crippen molar-refractivity contribution in [2.24, 2.45) is 0 Å². The van der Waals surface area contributed by atoms with Gasteiger partial charge in [-0.15, -0.1) is 5.10 Å². The lowest BCUT2D eigenvalue weighted by Gasteiger charge is -2.16. The second-order valence-electron chi connectivity index (χ2n) is 5.69. The zero-order chi connectivity index (χ0) is 17.2. The summed E-state index contributed by atoms with van der Waals surface area (Å²) < 4.78 is 1.73. The summed E-state index contributed by atoms with van der Waals surface area (Å²) in [6, 6.07) is 13.8. The molecule has 0 saturated heterocycles. The molecule has 0 saturated carbocycles. The number of halogens is 1. The van der Waals surface area contributed by atoms with Crippen molar-refractivity contribution in [1.29, 1.82) is 0 Å². The molecule has 2 aromatic carbocycles. The van der Waals surface area contributed by atoms with E-state index in [1.807, 2.05) is 36.5 Å². The molecule has 124 valence electrons. The average Bonchev–Trinajstić information content (AvgIpc) is 3.16. The van der Waals surface area contributed by atoms with Gasteiger partial charge in [0.2, 0.25) is 0 Å². The van der Waals surface area contributed by atoms with Crippen LogP contribution < -0.4 is 5.32 Å². The van der Waals surface area contributed by atoms with Gasteiger partial charge in [-0.1, -0.05) is 28.9 Å². The molecular weight excluding hydrogens is 336 g/mol. The molecule has 0 aliphatic carbocycles. The molecule has 0 fully saturated rings. The van der Waals surface area contributed by atoms with Crippen LogP contribution in [0, 0.1) is 0 Å². The van der Waals surface area contributed by atoms with Gasteiger partial charge in [0.25, 0.3) is 0 Å². The fraction of sp³-hybridized carbons (Fsp3) is 0.111. The number of nitrogens with one attached hydrogen (secondary N) is 1. The van der Waals surface area contributed by atoms with Gasteiger partial charge in [0.15, 0.2) is 0 Å². The third-order valence-corrected chi connectivity index (χ3v) is 4.27. The Bertz CT molecular complexity index is 998. The van der Waals surface area contributed by atoms with E-state index in [1.54, 1.807) is 17.2 Å². The van der Waals surface area contributed by atoms with Crippen LogP contribution in [0.1, 0.15) is 18.5 Å². The topological polar surface area (TPSA) is 68.5 Å². The van der Waals surface area contributed by atoms with Crippen molar-refractivity contribution in [2.75, 3.05) is 5.32 Å². The maximum Gasteiger partial charge on any atom is 0.137 e. The number of fused-ring (bicyclic) bond motifs is 1. The van der Waals surface area contributed by atoms with Crippen molar-refractivity contribution in [3.63, 3.8) is 0 Å². The Balaban J connectivity index is 1.59. The van der Waals surface area contributed by atoms with E-state index in [9.17, 15) is 0 Å². The standard InChI is InChI=1S/C18H15ClN6/c1-12(13-2-5-15(6-3-13)25-9-8-22-24-25)23-18-16-7-4-14(19)10-17(16)20-11-21-18/h2-12H,1H3,(H,20,21,23). The maximum absolute atomic E-state index is 6.04. The first-order valence-corrected chi connectivity index (χ1v) is 8.22. The molecule has 4 rings (SSSR count). The predicted octanol–water partition coefficient (Wildman–Crippen LogP) is 4.04. The summed E-state index contributed by atoms with van der Waals surface area (Å²) in [7, 11) is 0. The summed E-state index contributed by atoms with van der Waals surface area (Å²) in [6.45, 7) is 2.09. The number of hydrogen-bond acceptors (Lipinski definition) is 5. The minimum atomic E-state index is 0.0820. The summed E-state index contributed by atoms with van der Waals surface area (Å²) in [5.41, 5.74) is 2.93. The van der Waals surface area contributed by atoms with E-state index in [-0.39, 0.29) is 6.04 Å². The van der Waals surface area contributed by atoms with Gasteiger partial charge in [-0.2, -0.15) is 0 Å². The highest BCUT2D eigenvalue weighted by molar-refractivity contribution is 6.31. The fourth-order valence-electron chi connectivity index (χ4n) is 2.70. The van der Waals surface area contributed by atoms with E-state index in [1.165, 1.54) is 0 Å². The summed E-state index contributed by atoms with van der Waals surface area (Å²) in [4.78, 5) is 8.64. The van der Waals surface area contributed by atoms with Crippen molar-refractivity contribution in [2.45, 2.75) is 13.0 Å². The zero-order valence-corrected chi connectivity index (χ0v) is 14.2. The molecule has 1 N–H and O–H groups in total. The molecule has 6 nitrogen and oxygen atoms in total. The monoisotopic (exact) mass is 350 g/mol. The molecule has 0 amide bonds. The molecule has 2 heterocycles. The number of anilines is 1. The van der Waals surface area contributed by atoms with Gasteiger partial charge in [0, 0.05) is 16.5 Å². The Morgan fingerprint density at radius 1 is 1.08 bits per heavy atom. The highest BCUT2D eigenvalue weighted by atomic mass is 35.5. The van der Waals surface area contributed by atoms with Crippen LogP contribution in [0.2, 0.25) is 5.02 Å². The highest BCUT2D eigenvalue weighted by Gasteiger charge is 2.10. The van der Waals surface area contributed by atoms with E-state index in [4.69, 9.17) is 11.6 Å². The minimum absolute atomic E-state index is 0.0820. The van der Waals surface area contributed by atoms with Crippen LogP contribution in [0.4, 0.5) is 5.82 Å². The van der Waals surface area contributed by atoms with Crippen molar-refractivity contribution in [3.8, 4) is 5.69 Å². The SMILES string of the molecule is CC(Nc1ncnc2cc(Cl)ccc12)c1ccc(-n2ccnn2)cc1. The minimum Gasteiger partial charge on any atom is -0.363 e. The third-order valence-electron chi connectivity index (χ3n) is 4.03. The lowest BCUT2D eigenvalue weighted by Crippen LogP contribution is -2.09. The zero-order valence-electron chi connectivity index (χ0n) is 13.5. The first-order valence-electron chi connectivity index (χ1n) is 7.84. The van der Waals surface area contributed by atoms with Gasteiger partial charge in [0.1, 0.15) is 12.1 Å². The Morgan fingerprint density at radius 3 is 2.68 bits per heavy atom. The van der Waals surface area contributed by atoms with E-state index < -0.39 is 0 Å². The molecule has 25 heavy (non-hydrogen) atoms. The largest absolute Gasteiger partial charge is 0.363 e. The number of aromatic nitrogens is 5. The van der Waals surface area contributed by atoms with Gasteiger partial charge in [0.05, 0.1) is 23.6 Å². The van der Waals surface area contributed by atoms with Gasteiger partial charge >= 0.3 is 0 Å². The van der Waals surface area contributed by atoms with Crippen LogP contribution in [-0.2, 0) is 0 Å². The first-order chi connectivity index (χ1) is 12.2. The van der Waals surface area contributed by atoms with Crippen LogP contribution in [-0.4, -0.2) is 25.0 Å². The molecule has 1 unspecified atom stereocenters. The van der Waals surface area contributed by atoms with E-state index in [0.717, 1.165) is 28.0 Å². The molecule has 0 bridgehead atoms. The maximum atomic E-state index is 6.04. The molecule has 0 aliphatic rings. The average molecular weight is 351 g/mol. The van der Waals surface area contributed by atoms with Gasteiger partial charge < -0.3 is 5.32 Å². The van der Waals surface area contributed by atoms with Crippen molar-refractivity contribution in [3.05, 3.63) is 71.8 Å². The molecule has 7 heteroatoms. The first kappa shape index (κ1) is 15.5. The number of nitrogens with zero attached hydrogens (tertiary/aromatic N) is 5. The molecule has 0 radical (unpaired) electrons. The van der Waals surface area contributed by atoms with E-state index in [0.29, 0.717) is 5.02 Å². The number of rotatable bonds is 4. The van der Waals surface area contributed by atoms with Crippen molar-refractivity contribution >= 4 is 28.3 Å². The lowest BCUT2D eigenvalue weighted by atomic mass is 10.1. The smallest absolute Gasteiger partial charge is 0.137 e. The summed E-state index contributed by atoms with van der Waals surface area (Å²) >= 11 is 6.04. The Kier molecular flexibility index (Phi) is 4.03. The second-order valence-corrected chi connectivity index (χ2v) is 6.13. The van der Waals surface area contributed by atoms with Crippen LogP contribution in [0.25, 0.3) is 16.6 Å². The Morgan fingerprint density at radius 2 is 1.92 bits per heavy atom. The van der Waals surface area contributed by atoms with Gasteiger partial charge in [-0.05, 0) is 42.8 Å². The van der Waals surface area contributed by atoms with Crippen LogP contribution >= 0.6 is 11.6 Å². The lowest BCUT2D eigenvalue weighted by molar-refractivity contribution is 0.800. The fourth-order valence-corrected chi connectivity index (χ4v) is 2.86. The summed E-state index contributed by atoms with van der Waals surface area (Å²) in [5, 5.41) is 12.9. The van der Waals surface area contributed by atoms with Crippen LogP contribution in [0.5, 0.6) is 0 Å². The van der Waals surface area contributed by atoms with E-state index in [2.05, 4.69) is 44.7 Å². The molecule has 2 aromatic heterocycles. The predicted molar refractivity (Wildman–Crippen MR) is 97.9 cm³/mol. The highest BCUT2D eigenvalue weighted by Crippen LogP contribution is 2.26. The summed E-state index contributed by atoms with van der Waals surface area (Å²) in [6.07, 6.45) is 5.01. The molecule has 0 spiro atoms. The van der Waals surface area contributed by atoms with Crippen molar-refractivity contribution in [1.82, 2.24) is 25.0 Å². The second kappa shape index (κ2) is 6.49. The molecule has 0 aliphatic heterocycles. The Labute approximate surface area is 149 Å². The van der Waals surface area contributed by atoms with E-state index >= 15 is 0 Å². The van der Waals surface area contributed by atoms with Crippen LogP contribution in [0.3, 0.4) is 0 Å². The van der Waals surface area contributed by atoms with Gasteiger partial charge in [-0.25, -0.2) is 14.6 Å². The van der Waals surface area contributed by atoms with Crippen LogP contribution in [0.15, 0.2) is 61.2 Å². The van der Waals surface area contributed by atoms with Crippen molar-refractivity contribution < 1.29 is 0 Å². The third kappa shape index (κ3) is 3.16. The molecular formula is C18H15ClN6. The number of hydrogen-bond donors (Lipinski definition) is 1. The quantitative estimate of drug-likeness (QED) is 0.601. The molecule has 1 atom stereocenters. The Hall–Kier alpha value is -2.99. The normalized spacial score (nSPS) is 12.2. The molecule has 4 aromatic rings. The van der Waals surface area contributed by atoms with Gasteiger partial charge in [-0.3, -0.25) is 0 Å².